The fourth-order valence-electron chi connectivity index (χ4n) is 2.16. The zero-order valence-corrected chi connectivity index (χ0v) is 11.2. The van der Waals surface area contributed by atoms with Gasteiger partial charge in [0.1, 0.15) is 17.2 Å². The molecule has 0 bridgehead atoms. The zero-order valence-electron chi connectivity index (χ0n) is 10.3. The van der Waals surface area contributed by atoms with Gasteiger partial charge in [-0.15, -0.1) is 11.8 Å². The summed E-state index contributed by atoms with van der Waals surface area (Å²) in [6, 6.07) is 3.94. The Morgan fingerprint density at radius 2 is 2.26 bits per heavy atom. The minimum atomic E-state index is 0.153. The summed E-state index contributed by atoms with van der Waals surface area (Å²) in [5, 5.41) is 13.2. The molecule has 0 atom stereocenters. The Bertz CT molecular complexity index is 591. The maximum Gasteiger partial charge on any atom is 0.135 e. The number of hydrogen-bond acceptors (Lipinski definition) is 6. The molecule has 3 heterocycles. The number of nitrogens with zero attached hydrogens (tertiary/aromatic N) is 3. The molecule has 3 rings (SSSR count). The number of aliphatic hydroxyl groups is 1. The van der Waals surface area contributed by atoms with E-state index in [0.29, 0.717) is 5.75 Å². The van der Waals surface area contributed by atoms with Crippen LogP contribution < -0.4 is 5.32 Å². The Kier molecular flexibility index (Phi) is 3.61. The second-order valence-corrected chi connectivity index (χ2v) is 5.24. The van der Waals surface area contributed by atoms with E-state index < -0.39 is 0 Å². The molecule has 2 N–H and O–H groups in total. The first-order valence-corrected chi connectivity index (χ1v) is 7.15. The smallest absolute Gasteiger partial charge is 0.135 e. The van der Waals surface area contributed by atoms with E-state index in [0.717, 1.165) is 40.6 Å². The molecule has 0 spiro atoms. The van der Waals surface area contributed by atoms with Crippen LogP contribution >= 0.6 is 11.8 Å². The summed E-state index contributed by atoms with van der Waals surface area (Å²) < 4.78 is 0. The highest BCUT2D eigenvalue weighted by molar-refractivity contribution is 7.99. The Balaban J connectivity index is 2.09. The van der Waals surface area contributed by atoms with Crippen molar-refractivity contribution in [3.63, 3.8) is 0 Å². The standard InChI is InChI=1S/C13H14N4OS/c18-6-7-19-13-10-3-5-15-12-9(2-1-4-14-12)11(10)16-8-17-13/h1-2,4,8,18H,3,5-7H2,(H,14,15). The van der Waals surface area contributed by atoms with Gasteiger partial charge in [-0.2, -0.15) is 0 Å². The largest absolute Gasteiger partial charge is 0.396 e. The number of nitrogens with one attached hydrogen (secondary N) is 1. The summed E-state index contributed by atoms with van der Waals surface area (Å²) in [4.78, 5) is 13.1. The molecule has 2 aromatic heterocycles. The van der Waals surface area contributed by atoms with Gasteiger partial charge in [0, 0.05) is 29.6 Å². The summed E-state index contributed by atoms with van der Waals surface area (Å²) in [5.41, 5.74) is 3.10. The van der Waals surface area contributed by atoms with Gasteiger partial charge in [-0.1, -0.05) is 0 Å². The monoisotopic (exact) mass is 274 g/mol. The number of aliphatic hydroxyl groups excluding tert-OH is 1. The van der Waals surface area contributed by atoms with E-state index in [1.54, 1.807) is 24.3 Å². The molecule has 0 aromatic carbocycles. The lowest BCUT2D eigenvalue weighted by Gasteiger charge is -2.09. The van der Waals surface area contributed by atoms with Crippen LogP contribution in [0.15, 0.2) is 29.7 Å². The third kappa shape index (κ3) is 2.41. The Morgan fingerprint density at radius 3 is 3.16 bits per heavy atom. The molecule has 0 radical (unpaired) electrons. The van der Waals surface area contributed by atoms with Crippen molar-refractivity contribution in [2.45, 2.75) is 11.4 Å². The molecule has 6 heteroatoms. The van der Waals surface area contributed by atoms with Crippen molar-refractivity contribution in [1.82, 2.24) is 15.0 Å². The van der Waals surface area contributed by atoms with Crippen molar-refractivity contribution < 1.29 is 5.11 Å². The third-order valence-corrected chi connectivity index (χ3v) is 3.98. The Labute approximate surface area is 115 Å². The molecular weight excluding hydrogens is 260 g/mol. The number of hydrogen-bond donors (Lipinski definition) is 2. The fourth-order valence-corrected chi connectivity index (χ4v) is 2.94. The van der Waals surface area contributed by atoms with E-state index in [-0.39, 0.29) is 6.61 Å². The molecule has 19 heavy (non-hydrogen) atoms. The quantitative estimate of drug-likeness (QED) is 0.654. The van der Waals surface area contributed by atoms with Crippen molar-refractivity contribution in [2.75, 3.05) is 24.2 Å². The summed E-state index contributed by atoms with van der Waals surface area (Å²) >= 11 is 1.57. The van der Waals surface area contributed by atoms with E-state index in [4.69, 9.17) is 5.11 Å². The summed E-state index contributed by atoms with van der Waals surface area (Å²) in [6.45, 7) is 0.969. The van der Waals surface area contributed by atoms with Crippen molar-refractivity contribution >= 4 is 17.6 Å². The van der Waals surface area contributed by atoms with E-state index in [1.165, 1.54) is 0 Å². The third-order valence-electron chi connectivity index (χ3n) is 2.97. The number of thioether (sulfide) groups is 1. The molecule has 0 unspecified atom stereocenters. The Hall–Kier alpha value is -1.66. The van der Waals surface area contributed by atoms with Crippen LogP contribution in [-0.2, 0) is 6.42 Å². The van der Waals surface area contributed by atoms with Gasteiger partial charge in [-0.3, -0.25) is 0 Å². The minimum Gasteiger partial charge on any atom is -0.396 e. The second kappa shape index (κ2) is 5.54. The summed E-state index contributed by atoms with van der Waals surface area (Å²) in [6.07, 6.45) is 4.22. The molecule has 1 aliphatic heterocycles. The van der Waals surface area contributed by atoms with Crippen LogP contribution in [0.25, 0.3) is 11.3 Å². The predicted octanol–water partition coefficient (Wildman–Crippen LogP) is 1.59. The number of rotatable bonds is 3. The molecule has 0 saturated carbocycles. The highest BCUT2D eigenvalue weighted by Crippen LogP contribution is 2.33. The van der Waals surface area contributed by atoms with E-state index >= 15 is 0 Å². The summed E-state index contributed by atoms with van der Waals surface area (Å²) in [7, 11) is 0. The highest BCUT2D eigenvalue weighted by Gasteiger charge is 2.19. The highest BCUT2D eigenvalue weighted by atomic mass is 32.2. The first-order chi connectivity index (χ1) is 9.40. The van der Waals surface area contributed by atoms with Gasteiger partial charge in [0.15, 0.2) is 0 Å². The SMILES string of the molecule is OCCSc1ncnc2c1CCNc1ncccc1-2. The van der Waals surface area contributed by atoms with Gasteiger partial charge < -0.3 is 10.4 Å². The molecule has 2 aromatic rings. The van der Waals surface area contributed by atoms with Crippen molar-refractivity contribution in [3.8, 4) is 11.3 Å². The molecule has 0 fully saturated rings. The van der Waals surface area contributed by atoms with Gasteiger partial charge >= 0.3 is 0 Å². The van der Waals surface area contributed by atoms with Crippen LogP contribution in [0.1, 0.15) is 5.56 Å². The molecule has 0 saturated heterocycles. The average Bonchev–Trinajstić information content (AvgIpc) is 2.65. The zero-order chi connectivity index (χ0) is 13.1. The first kappa shape index (κ1) is 12.4. The van der Waals surface area contributed by atoms with Crippen molar-refractivity contribution in [2.24, 2.45) is 0 Å². The molecular formula is C13H14N4OS. The Morgan fingerprint density at radius 1 is 1.32 bits per heavy atom. The molecule has 1 aliphatic rings. The maximum atomic E-state index is 8.96. The van der Waals surface area contributed by atoms with Crippen LogP contribution in [0.2, 0.25) is 0 Å². The van der Waals surface area contributed by atoms with Crippen molar-refractivity contribution in [1.29, 1.82) is 0 Å². The second-order valence-electron chi connectivity index (χ2n) is 4.15. The number of aromatic nitrogens is 3. The molecule has 98 valence electrons. The van der Waals surface area contributed by atoms with Gasteiger partial charge in [0.2, 0.25) is 0 Å². The number of anilines is 1. The van der Waals surface area contributed by atoms with E-state index in [9.17, 15) is 0 Å². The first-order valence-electron chi connectivity index (χ1n) is 6.17. The van der Waals surface area contributed by atoms with Crippen LogP contribution in [0.5, 0.6) is 0 Å². The van der Waals surface area contributed by atoms with E-state index in [1.807, 2.05) is 12.1 Å². The van der Waals surface area contributed by atoms with Gasteiger partial charge in [0.05, 0.1) is 12.3 Å². The van der Waals surface area contributed by atoms with E-state index in [2.05, 4.69) is 20.3 Å². The fraction of sp³-hybridized carbons (Fsp3) is 0.308. The average molecular weight is 274 g/mol. The van der Waals surface area contributed by atoms with Crippen LogP contribution in [0, 0.1) is 0 Å². The number of fused-ring (bicyclic) bond motifs is 3. The normalized spacial score (nSPS) is 13.1. The van der Waals surface area contributed by atoms with Gasteiger partial charge in [-0.25, -0.2) is 15.0 Å². The molecule has 0 aliphatic carbocycles. The summed E-state index contributed by atoms with van der Waals surface area (Å²) in [5.74, 6) is 1.52. The lowest BCUT2D eigenvalue weighted by atomic mass is 10.1. The lowest BCUT2D eigenvalue weighted by Crippen LogP contribution is -2.05. The minimum absolute atomic E-state index is 0.153. The van der Waals surface area contributed by atoms with Crippen LogP contribution in [0.4, 0.5) is 5.82 Å². The number of pyridine rings is 1. The van der Waals surface area contributed by atoms with Crippen molar-refractivity contribution in [3.05, 3.63) is 30.2 Å². The molecule has 0 amide bonds. The topological polar surface area (TPSA) is 70.9 Å². The lowest BCUT2D eigenvalue weighted by molar-refractivity contribution is 0.322. The van der Waals surface area contributed by atoms with Crippen LogP contribution in [-0.4, -0.2) is 39.0 Å². The van der Waals surface area contributed by atoms with Gasteiger partial charge in [-0.05, 0) is 18.6 Å². The maximum absolute atomic E-state index is 8.96. The predicted molar refractivity (Wildman–Crippen MR) is 75.3 cm³/mol. The van der Waals surface area contributed by atoms with Crippen LogP contribution in [0.3, 0.4) is 0 Å². The van der Waals surface area contributed by atoms with Gasteiger partial charge in [0.25, 0.3) is 0 Å². The molecule has 5 nitrogen and oxygen atoms in total.